The first-order valence-electron chi connectivity index (χ1n) is 7.98. The Morgan fingerprint density at radius 1 is 1.13 bits per heavy atom. The van der Waals surface area contributed by atoms with Crippen LogP contribution in [0.4, 0.5) is 0 Å². The van der Waals surface area contributed by atoms with E-state index in [9.17, 15) is 0 Å². The number of fused-ring (bicyclic) bond motifs is 1. The number of hydrogen-bond acceptors (Lipinski definition) is 1. The molecule has 3 aromatic rings. The minimum Gasteiger partial charge on any atom is -0.294 e. The molecular weight excluding hydrogens is 327 g/mol. The third kappa shape index (κ3) is 2.98. The second-order valence-corrected chi connectivity index (χ2v) is 6.47. The number of halogens is 2. The van der Waals surface area contributed by atoms with Gasteiger partial charge in [-0.1, -0.05) is 49.2 Å². The van der Waals surface area contributed by atoms with E-state index in [1.165, 1.54) is 0 Å². The Morgan fingerprint density at radius 3 is 2.61 bits per heavy atom. The highest BCUT2D eigenvalue weighted by molar-refractivity contribution is 6.32. The van der Waals surface area contributed by atoms with Gasteiger partial charge < -0.3 is 0 Å². The quantitative estimate of drug-likeness (QED) is 0.512. The second-order valence-electron chi connectivity index (χ2n) is 5.79. The average molecular weight is 347 g/mol. The highest BCUT2D eigenvalue weighted by Crippen LogP contribution is 2.31. The van der Waals surface area contributed by atoms with E-state index in [2.05, 4.69) is 30.5 Å². The van der Waals surface area contributed by atoms with Crippen LogP contribution in [0.2, 0.25) is 5.02 Å². The van der Waals surface area contributed by atoms with Gasteiger partial charge in [0.15, 0.2) is 0 Å². The van der Waals surface area contributed by atoms with Gasteiger partial charge in [0.25, 0.3) is 0 Å². The maximum Gasteiger partial charge on any atom is 0.114 e. The van der Waals surface area contributed by atoms with Crippen molar-refractivity contribution in [3.05, 3.63) is 58.4 Å². The van der Waals surface area contributed by atoms with Crippen LogP contribution in [0.3, 0.4) is 0 Å². The van der Waals surface area contributed by atoms with Crippen LogP contribution in [-0.2, 0) is 12.3 Å². The van der Waals surface area contributed by atoms with Crippen molar-refractivity contribution in [2.24, 2.45) is 0 Å². The van der Waals surface area contributed by atoms with E-state index in [1.54, 1.807) is 0 Å². The summed E-state index contributed by atoms with van der Waals surface area (Å²) in [7, 11) is 0. The predicted molar refractivity (Wildman–Crippen MR) is 99.0 cm³/mol. The summed E-state index contributed by atoms with van der Waals surface area (Å²) in [6.07, 6.45) is 3.16. The lowest BCUT2D eigenvalue weighted by Gasteiger charge is -2.13. The van der Waals surface area contributed by atoms with Gasteiger partial charge in [0, 0.05) is 12.3 Å². The number of rotatable bonds is 5. The summed E-state index contributed by atoms with van der Waals surface area (Å²) in [5, 5.41) is 0.728. The number of unbranched alkanes of at least 4 members (excludes halogenated alkanes) is 1. The van der Waals surface area contributed by atoms with Crippen molar-refractivity contribution in [1.29, 1.82) is 0 Å². The van der Waals surface area contributed by atoms with Gasteiger partial charge in [-0.05, 0) is 36.6 Å². The van der Waals surface area contributed by atoms with Crippen molar-refractivity contribution in [1.82, 2.24) is 9.55 Å². The molecule has 2 nitrogen and oxygen atoms in total. The van der Waals surface area contributed by atoms with Crippen LogP contribution in [0.5, 0.6) is 0 Å². The van der Waals surface area contributed by atoms with Gasteiger partial charge in [-0.15, -0.1) is 11.6 Å². The van der Waals surface area contributed by atoms with Gasteiger partial charge in [-0.3, -0.25) is 4.57 Å². The molecule has 0 spiro atoms. The Bertz CT molecular complexity index is 837. The van der Waals surface area contributed by atoms with Crippen molar-refractivity contribution in [3.63, 3.8) is 0 Å². The molecule has 23 heavy (non-hydrogen) atoms. The molecule has 1 heterocycles. The Morgan fingerprint density at radius 2 is 1.91 bits per heavy atom. The molecule has 0 amide bonds. The maximum atomic E-state index is 6.48. The van der Waals surface area contributed by atoms with Crippen molar-refractivity contribution in [2.45, 2.75) is 39.0 Å². The van der Waals surface area contributed by atoms with Gasteiger partial charge in [0.2, 0.25) is 0 Å². The summed E-state index contributed by atoms with van der Waals surface area (Å²) in [6.45, 7) is 4.28. The number of aryl methyl sites for hydroxylation is 2. The lowest BCUT2D eigenvalue weighted by molar-refractivity contribution is 0.743. The highest BCUT2D eigenvalue weighted by atomic mass is 35.5. The molecule has 0 aliphatic carbocycles. The summed E-state index contributed by atoms with van der Waals surface area (Å²) in [6, 6.07) is 12.1. The zero-order valence-corrected chi connectivity index (χ0v) is 15.0. The molecule has 0 N–H and O–H groups in total. The minimum absolute atomic E-state index is 0.458. The van der Waals surface area contributed by atoms with Crippen LogP contribution in [0, 0.1) is 6.92 Å². The Kier molecular flexibility index (Phi) is 4.93. The summed E-state index contributed by atoms with van der Waals surface area (Å²) in [4.78, 5) is 4.92. The fourth-order valence-electron chi connectivity index (χ4n) is 2.92. The van der Waals surface area contributed by atoms with Gasteiger partial charge in [-0.25, -0.2) is 4.98 Å². The number of imidazole rings is 1. The van der Waals surface area contributed by atoms with Crippen molar-refractivity contribution >= 4 is 34.2 Å². The number of benzene rings is 2. The van der Waals surface area contributed by atoms with E-state index in [-0.39, 0.29) is 0 Å². The summed E-state index contributed by atoms with van der Waals surface area (Å²) < 4.78 is 2.19. The van der Waals surface area contributed by atoms with E-state index >= 15 is 0 Å². The molecular formula is C19H20Cl2N2. The average Bonchev–Trinajstić information content (AvgIpc) is 2.94. The normalized spacial score (nSPS) is 11.3. The van der Waals surface area contributed by atoms with Crippen LogP contribution in [-0.4, -0.2) is 9.55 Å². The standard InChI is InChI=1S/C19H20Cl2N2/c1-3-4-9-17-22-18-13(2)10-11-14(12-20)19(18)23(17)16-8-6-5-7-15(16)21/h5-8,10-11H,3-4,9,12H2,1-2H3. The van der Waals surface area contributed by atoms with E-state index in [0.29, 0.717) is 5.88 Å². The number of nitrogens with zero attached hydrogens (tertiary/aromatic N) is 2. The van der Waals surface area contributed by atoms with E-state index in [1.807, 2.05) is 24.3 Å². The molecule has 0 radical (unpaired) electrons. The fourth-order valence-corrected chi connectivity index (χ4v) is 3.36. The molecule has 0 unspecified atom stereocenters. The first kappa shape index (κ1) is 16.4. The van der Waals surface area contributed by atoms with Gasteiger partial charge in [0.1, 0.15) is 5.82 Å². The van der Waals surface area contributed by atoms with Crippen molar-refractivity contribution in [2.75, 3.05) is 0 Å². The Labute approximate surface area is 147 Å². The highest BCUT2D eigenvalue weighted by Gasteiger charge is 2.18. The van der Waals surface area contributed by atoms with Crippen molar-refractivity contribution in [3.8, 4) is 5.69 Å². The molecule has 0 fully saturated rings. The van der Waals surface area contributed by atoms with E-state index in [0.717, 1.165) is 58.0 Å². The lowest BCUT2D eigenvalue weighted by atomic mass is 10.1. The first-order chi connectivity index (χ1) is 11.2. The first-order valence-corrected chi connectivity index (χ1v) is 8.89. The summed E-state index contributed by atoms with van der Waals surface area (Å²) in [5.74, 6) is 1.51. The fraction of sp³-hybridized carbons (Fsp3) is 0.316. The van der Waals surface area contributed by atoms with Gasteiger partial charge >= 0.3 is 0 Å². The Hall–Kier alpha value is -1.51. The topological polar surface area (TPSA) is 17.8 Å². The Balaban J connectivity index is 2.36. The molecule has 0 atom stereocenters. The SMILES string of the molecule is CCCCc1nc2c(C)ccc(CCl)c2n1-c1ccccc1Cl. The number of aromatic nitrogens is 2. The molecule has 0 bridgehead atoms. The molecule has 0 aliphatic heterocycles. The number of hydrogen-bond donors (Lipinski definition) is 0. The zero-order chi connectivity index (χ0) is 16.4. The lowest BCUT2D eigenvalue weighted by Crippen LogP contribution is -2.03. The zero-order valence-electron chi connectivity index (χ0n) is 13.4. The van der Waals surface area contributed by atoms with Crippen LogP contribution in [0.1, 0.15) is 36.7 Å². The smallest absolute Gasteiger partial charge is 0.114 e. The minimum atomic E-state index is 0.458. The third-order valence-electron chi connectivity index (χ3n) is 4.15. The molecule has 120 valence electrons. The number of para-hydroxylation sites is 1. The summed E-state index contributed by atoms with van der Waals surface area (Å²) >= 11 is 12.7. The second kappa shape index (κ2) is 6.94. The molecule has 1 aromatic heterocycles. The monoisotopic (exact) mass is 346 g/mol. The van der Waals surface area contributed by atoms with Crippen LogP contribution >= 0.6 is 23.2 Å². The van der Waals surface area contributed by atoms with Gasteiger partial charge in [-0.2, -0.15) is 0 Å². The molecule has 4 heteroatoms. The predicted octanol–water partition coefficient (Wildman–Crippen LogP) is 6.07. The van der Waals surface area contributed by atoms with Crippen LogP contribution in [0.25, 0.3) is 16.7 Å². The number of alkyl halides is 1. The third-order valence-corrected chi connectivity index (χ3v) is 4.76. The van der Waals surface area contributed by atoms with E-state index < -0.39 is 0 Å². The van der Waals surface area contributed by atoms with Crippen LogP contribution < -0.4 is 0 Å². The van der Waals surface area contributed by atoms with E-state index in [4.69, 9.17) is 28.2 Å². The van der Waals surface area contributed by atoms with Gasteiger partial charge in [0.05, 0.1) is 21.7 Å². The summed E-state index contributed by atoms with van der Waals surface area (Å²) in [5.41, 5.74) is 5.33. The molecule has 3 rings (SSSR count). The molecule has 0 saturated heterocycles. The molecule has 0 aliphatic rings. The van der Waals surface area contributed by atoms with Crippen molar-refractivity contribution < 1.29 is 0 Å². The maximum absolute atomic E-state index is 6.48. The molecule has 0 saturated carbocycles. The largest absolute Gasteiger partial charge is 0.294 e. The molecule has 2 aromatic carbocycles. The van der Waals surface area contributed by atoms with Crippen LogP contribution in [0.15, 0.2) is 36.4 Å².